The van der Waals surface area contributed by atoms with Gasteiger partial charge < -0.3 is 14.8 Å². The van der Waals surface area contributed by atoms with Gasteiger partial charge in [0.25, 0.3) is 0 Å². The maximum absolute atomic E-state index is 12.1. The molecular weight excluding hydrogens is 260 g/mol. The number of amides is 2. The number of ether oxygens (including phenoxy) is 2. The van der Waals surface area contributed by atoms with Crippen molar-refractivity contribution < 1.29 is 19.1 Å². The molecule has 1 unspecified atom stereocenters. The van der Waals surface area contributed by atoms with Crippen LogP contribution in [0.1, 0.15) is 13.3 Å². The number of hydrogen-bond donors (Lipinski definition) is 1. The third-order valence-corrected chi connectivity index (χ3v) is 3.30. The first-order chi connectivity index (χ1) is 9.60. The molecule has 0 aromatic heterocycles. The van der Waals surface area contributed by atoms with E-state index in [0.29, 0.717) is 23.6 Å². The summed E-state index contributed by atoms with van der Waals surface area (Å²) in [4.78, 5) is 25.5. The minimum atomic E-state index is -0.506. The van der Waals surface area contributed by atoms with Crippen LogP contribution in [0.25, 0.3) is 0 Å². The second kappa shape index (κ2) is 5.81. The summed E-state index contributed by atoms with van der Waals surface area (Å²) < 4.78 is 10.4. The van der Waals surface area contributed by atoms with Gasteiger partial charge in [-0.1, -0.05) is 6.92 Å². The van der Waals surface area contributed by atoms with Crippen LogP contribution in [0.2, 0.25) is 0 Å². The van der Waals surface area contributed by atoms with Crippen molar-refractivity contribution in [3.8, 4) is 11.5 Å². The van der Waals surface area contributed by atoms with E-state index in [9.17, 15) is 9.59 Å². The van der Waals surface area contributed by atoms with Gasteiger partial charge in [-0.05, 0) is 6.42 Å². The lowest BCUT2D eigenvalue weighted by Gasteiger charge is -2.34. The summed E-state index contributed by atoms with van der Waals surface area (Å²) in [5.41, 5.74) is 0.605. The van der Waals surface area contributed by atoms with Gasteiger partial charge >= 0.3 is 0 Å². The van der Waals surface area contributed by atoms with Crippen molar-refractivity contribution in [1.82, 2.24) is 5.32 Å². The van der Waals surface area contributed by atoms with Crippen molar-refractivity contribution in [1.29, 1.82) is 0 Å². The Bertz CT molecular complexity index is 508. The molecule has 1 saturated heterocycles. The molecule has 1 aliphatic rings. The fourth-order valence-corrected chi connectivity index (χ4v) is 2.28. The molecule has 108 valence electrons. The quantitative estimate of drug-likeness (QED) is 0.890. The third kappa shape index (κ3) is 2.54. The van der Waals surface area contributed by atoms with E-state index in [4.69, 9.17) is 9.47 Å². The monoisotopic (exact) mass is 278 g/mol. The standard InChI is InChI=1S/C14H18N2O4/c1-4-12-14(18)15-8-13(17)16(12)9-5-10(19-2)7-11(6-9)20-3/h5-7,12H,4,8H2,1-3H3,(H,15,18). The summed E-state index contributed by atoms with van der Waals surface area (Å²) in [5, 5.41) is 2.60. The van der Waals surface area contributed by atoms with Crippen molar-refractivity contribution >= 4 is 17.5 Å². The highest BCUT2D eigenvalue weighted by atomic mass is 16.5. The van der Waals surface area contributed by atoms with Gasteiger partial charge in [-0.2, -0.15) is 0 Å². The summed E-state index contributed by atoms with van der Waals surface area (Å²) in [6.45, 7) is 1.88. The zero-order valence-electron chi connectivity index (χ0n) is 11.8. The molecule has 1 aromatic carbocycles. The van der Waals surface area contributed by atoms with Crippen LogP contribution in [0.3, 0.4) is 0 Å². The summed E-state index contributed by atoms with van der Waals surface area (Å²) in [6, 6.07) is 4.66. The molecule has 6 nitrogen and oxygen atoms in total. The molecule has 0 bridgehead atoms. The number of nitrogens with zero attached hydrogens (tertiary/aromatic N) is 1. The van der Waals surface area contributed by atoms with Crippen molar-refractivity contribution in [2.24, 2.45) is 0 Å². The molecule has 1 aromatic rings. The summed E-state index contributed by atoms with van der Waals surface area (Å²) >= 11 is 0. The van der Waals surface area contributed by atoms with E-state index < -0.39 is 6.04 Å². The lowest BCUT2D eigenvalue weighted by atomic mass is 10.1. The largest absolute Gasteiger partial charge is 0.497 e. The van der Waals surface area contributed by atoms with Gasteiger partial charge in [-0.25, -0.2) is 0 Å². The maximum atomic E-state index is 12.1. The number of hydrogen-bond acceptors (Lipinski definition) is 4. The lowest BCUT2D eigenvalue weighted by Crippen LogP contribution is -2.58. The van der Waals surface area contributed by atoms with Gasteiger partial charge in [0.1, 0.15) is 17.5 Å². The van der Waals surface area contributed by atoms with Crippen LogP contribution in [-0.2, 0) is 9.59 Å². The van der Waals surface area contributed by atoms with E-state index in [1.807, 2.05) is 6.92 Å². The minimum absolute atomic E-state index is 0.00879. The second-order valence-corrected chi connectivity index (χ2v) is 4.48. The smallest absolute Gasteiger partial charge is 0.247 e. The molecule has 0 radical (unpaired) electrons. The number of methoxy groups -OCH3 is 2. The number of anilines is 1. The Morgan fingerprint density at radius 3 is 2.30 bits per heavy atom. The van der Waals surface area contributed by atoms with Gasteiger partial charge in [0.2, 0.25) is 11.8 Å². The van der Waals surface area contributed by atoms with Gasteiger partial charge in [-0.3, -0.25) is 14.5 Å². The second-order valence-electron chi connectivity index (χ2n) is 4.48. The van der Waals surface area contributed by atoms with Gasteiger partial charge in [0, 0.05) is 18.2 Å². The number of nitrogens with one attached hydrogen (secondary N) is 1. The first kappa shape index (κ1) is 14.2. The first-order valence-corrected chi connectivity index (χ1v) is 6.43. The third-order valence-electron chi connectivity index (χ3n) is 3.30. The Kier molecular flexibility index (Phi) is 4.12. The van der Waals surface area contributed by atoms with Crippen LogP contribution < -0.4 is 19.7 Å². The molecular formula is C14H18N2O4. The normalized spacial score (nSPS) is 18.8. The fourth-order valence-electron chi connectivity index (χ4n) is 2.28. The Balaban J connectivity index is 2.46. The molecule has 1 atom stereocenters. The Hall–Kier alpha value is -2.24. The van der Waals surface area contributed by atoms with Crippen molar-refractivity contribution in [3.63, 3.8) is 0 Å². The molecule has 0 saturated carbocycles. The van der Waals surface area contributed by atoms with E-state index in [1.54, 1.807) is 32.4 Å². The molecule has 0 spiro atoms. The average molecular weight is 278 g/mol. The van der Waals surface area contributed by atoms with Gasteiger partial charge in [0.05, 0.1) is 26.5 Å². The van der Waals surface area contributed by atoms with Crippen molar-refractivity contribution in [2.75, 3.05) is 25.7 Å². The SMILES string of the molecule is CCC1C(=O)NCC(=O)N1c1cc(OC)cc(OC)c1. The van der Waals surface area contributed by atoms with Gasteiger partial charge in [-0.15, -0.1) is 0 Å². The summed E-state index contributed by atoms with van der Waals surface area (Å²) in [5.74, 6) is 0.863. The molecule has 2 rings (SSSR count). The Morgan fingerprint density at radius 1 is 1.20 bits per heavy atom. The van der Waals surface area contributed by atoms with Crippen molar-refractivity contribution in [3.05, 3.63) is 18.2 Å². The molecule has 0 aliphatic carbocycles. The highest BCUT2D eigenvalue weighted by Gasteiger charge is 2.34. The van der Waals surface area contributed by atoms with Crippen LogP contribution in [0.4, 0.5) is 5.69 Å². The number of carbonyl (C=O) groups excluding carboxylic acids is 2. The van der Waals surface area contributed by atoms with E-state index in [2.05, 4.69) is 5.32 Å². The molecule has 1 heterocycles. The van der Waals surface area contributed by atoms with Gasteiger partial charge in [0.15, 0.2) is 0 Å². The average Bonchev–Trinajstić information content (AvgIpc) is 2.48. The number of rotatable bonds is 4. The minimum Gasteiger partial charge on any atom is -0.497 e. The maximum Gasteiger partial charge on any atom is 0.247 e. The van der Waals surface area contributed by atoms with E-state index >= 15 is 0 Å². The van der Waals surface area contributed by atoms with Crippen LogP contribution >= 0.6 is 0 Å². The van der Waals surface area contributed by atoms with Crippen LogP contribution in [0.5, 0.6) is 11.5 Å². The highest BCUT2D eigenvalue weighted by molar-refractivity contribution is 6.06. The Morgan fingerprint density at radius 2 is 1.80 bits per heavy atom. The molecule has 2 amide bonds. The van der Waals surface area contributed by atoms with Crippen LogP contribution in [0, 0.1) is 0 Å². The predicted octanol–water partition coefficient (Wildman–Crippen LogP) is 0.945. The molecule has 20 heavy (non-hydrogen) atoms. The zero-order valence-corrected chi connectivity index (χ0v) is 11.8. The predicted molar refractivity (Wildman–Crippen MR) is 74.1 cm³/mol. The van der Waals surface area contributed by atoms with E-state index in [0.717, 1.165) is 0 Å². The Labute approximate surface area is 117 Å². The molecule has 1 fully saturated rings. The molecule has 6 heteroatoms. The molecule has 1 N–H and O–H groups in total. The van der Waals surface area contributed by atoms with E-state index in [1.165, 1.54) is 4.90 Å². The van der Waals surface area contributed by atoms with Crippen LogP contribution in [0.15, 0.2) is 18.2 Å². The number of carbonyl (C=O) groups is 2. The van der Waals surface area contributed by atoms with Crippen molar-refractivity contribution in [2.45, 2.75) is 19.4 Å². The first-order valence-electron chi connectivity index (χ1n) is 6.43. The fraction of sp³-hybridized carbons (Fsp3) is 0.429. The summed E-state index contributed by atoms with van der Waals surface area (Å²) in [6.07, 6.45) is 0.539. The highest BCUT2D eigenvalue weighted by Crippen LogP contribution is 2.30. The topological polar surface area (TPSA) is 67.9 Å². The number of benzene rings is 1. The summed E-state index contributed by atoms with van der Waals surface area (Å²) in [7, 11) is 3.08. The zero-order chi connectivity index (χ0) is 14.7. The van der Waals surface area contributed by atoms with Crippen LogP contribution in [-0.4, -0.2) is 38.6 Å². The van der Waals surface area contributed by atoms with E-state index in [-0.39, 0.29) is 18.4 Å². The number of piperazine rings is 1. The molecule has 1 aliphatic heterocycles. The lowest BCUT2D eigenvalue weighted by molar-refractivity contribution is -0.131.